The van der Waals surface area contributed by atoms with Crippen LogP contribution < -0.4 is 9.46 Å². The Kier molecular flexibility index (Phi) is 5.67. The van der Waals surface area contributed by atoms with E-state index in [9.17, 15) is 8.42 Å². The Balaban J connectivity index is 3.07. The van der Waals surface area contributed by atoms with Crippen molar-refractivity contribution >= 4 is 15.7 Å². The molecule has 0 aliphatic rings. The minimum atomic E-state index is -3.37. The molecule has 104 valence electrons. The van der Waals surface area contributed by atoms with E-state index in [-0.39, 0.29) is 12.4 Å². The maximum Gasteiger partial charge on any atom is 0.232 e. The Morgan fingerprint density at radius 1 is 1.42 bits per heavy atom. The Labute approximate surface area is 113 Å². The second-order valence-corrected chi connectivity index (χ2v) is 5.71. The van der Waals surface area contributed by atoms with E-state index >= 15 is 0 Å². The Morgan fingerprint density at radius 3 is 2.74 bits per heavy atom. The molecular formula is C13H17NO4S. The van der Waals surface area contributed by atoms with Gasteiger partial charge in [-0.1, -0.05) is 11.8 Å². The molecule has 0 saturated heterocycles. The lowest BCUT2D eigenvalue weighted by molar-refractivity contribution is 0.305. The predicted molar refractivity (Wildman–Crippen MR) is 74.7 cm³/mol. The minimum absolute atomic E-state index is 0.00151. The largest absolute Gasteiger partial charge is 0.495 e. The fraction of sp³-hybridized carbons (Fsp3) is 0.385. The Morgan fingerprint density at radius 2 is 2.16 bits per heavy atom. The van der Waals surface area contributed by atoms with Crippen LogP contribution in [-0.2, 0) is 10.0 Å². The van der Waals surface area contributed by atoms with Crippen molar-refractivity contribution in [3.8, 4) is 17.6 Å². The number of sulfonamides is 1. The first kappa shape index (κ1) is 15.3. The van der Waals surface area contributed by atoms with Crippen molar-refractivity contribution in [2.45, 2.75) is 13.3 Å². The topological polar surface area (TPSA) is 75.6 Å². The number of ether oxygens (including phenoxy) is 1. The lowest BCUT2D eigenvalue weighted by atomic mass is 10.2. The third-order valence-corrected chi connectivity index (χ3v) is 3.61. The van der Waals surface area contributed by atoms with Gasteiger partial charge in [0, 0.05) is 12.0 Å². The first-order valence-corrected chi connectivity index (χ1v) is 7.46. The fourth-order valence-electron chi connectivity index (χ4n) is 1.33. The highest BCUT2D eigenvalue weighted by atomic mass is 32.2. The van der Waals surface area contributed by atoms with Crippen LogP contribution in [0, 0.1) is 11.8 Å². The predicted octanol–water partition coefficient (Wildman–Crippen LogP) is 1.19. The molecule has 0 aliphatic carbocycles. The van der Waals surface area contributed by atoms with E-state index in [2.05, 4.69) is 16.6 Å². The van der Waals surface area contributed by atoms with Gasteiger partial charge in [-0.3, -0.25) is 4.72 Å². The summed E-state index contributed by atoms with van der Waals surface area (Å²) in [7, 11) is -1.90. The average Bonchev–Trinajstić information content (AvgIpc) is 2.39. The van der Waals surface area contributed by atoms with E-state index < -0.39 is 10.0 Å². The van der Waals surface area contributed by atoms with Crippen LogP contribution in [0.3, 0.4) is 0 Å². The van der Waals surface area contributed by atoms with E-state index in [1.807, 2.05) is 0 Å². The van der Waals surface area contributed by atoms with Crippen molar-refractivity contribution in [1.29, 1.82) is 0 Å². The zero-order valence-corrected chi connectivity index (χ0v) is 11.8. The van der Waals surface area contributed by atoms with Gasteiger partial charge >= 0.3 is 0 Å². The Hall–Kier alpha value is -1.71. The lowest BCUT2D eigenvalue weighted by Gasteiger charge is -2.11. The van der Waals surface area contributed by atoms with Crippen molar-refractivity contribution in [3.05, 3.63) is 23.8 Å². The smallest absolute Gasteiger partial charge is 0.232 e. The highest BCUT2D eigenvalue weighted by Gasteiger charge is 2.11. The summed E-state index contributed by atoms with van der Waals surface area (Å²) in [5.41, 5.74) is 1.02. The number of benzene rings is 1. The van der Waals surface area contributed by atoms with Crippen molar-refractivity contribution in [1.82, 2.24) is 0 Å². The van der Waals surface area contributed by atoms with E-state index in [4.69, 9.17) is 9.84 Å². The van der Waals surface area contributed by atoms with Gasteiger partial charge in [0.15, 0.2) is 0 Å². The van der Waals surface area contributed by atoms with Crippen LogP contribution in [0.1, 0.15) is 18.9 Å². The summed E-state index contributed by atoms with van der Waals surface area (Å²) >= 11 is 0. The quantitative estimate of drug-likeness (QED) is 0.796. The third-order valence-electron chi connectivity index (χ3n) is 2.31. The lowest BCUT2D eigenvalue weighted by Crippen LogP contribution is -2.15. The summed E-state index contributed by atoms with van der Waals surface area (Å²) in [6.07, 6.45) is 0.377. The number of nitrogens with one attached hydrogen (secondary N) is 1. The van der Waals surface area contributed by atoms with Gasteiger partial charge in [0.1, 0.15) is 5.75 Å². The number of anilines is 1. The summed E-state index contributed by atoms with van der Waals surface area (Å²) in [4.78, 5) is 0. The molecule has 0 aromatic heterocycles. The molecule has 5 nitrogen and oxygen atoms in total. The highest BCUT2D eigenvalue weighted by Crippen LogP contribution is 2.26. The van der Waals surface area contributed by atoms with Crippen molar-refractivity contribution in [3.63, 3.8) is 0 Å². The normalized spacial score (nSPS) is 10.5. The first-order chi connectivity index (χ1) is 9.02. The summed E-state index contributed by atoms with van der Waals surface area (Å²) in [6.45, 7) is 1.55. The van der Waals surface area contributed by atoms with Gasteiger partial charge in [0.05, 0.1) is 25.2 Å². The molecule has 0 unspecified atom stereocenters. The molecule has 6 heteroatoms. The van der Waals surface area contributed by atoms with Gasteiger partial charge in [-0.25, -0.2) is 8.42 Å². The van der Waals surface area contributed by atoms with Crippen molar-refractivity contribution < 1.29 is 18.3 Å². The molecule has 1 aromatic rings. The minimum Gasteiger partial charge on any atom is -0.495 e. The van der Waals surface area contributed by atoms with Crippen LogP contribution in [0.5, 0.6) is 5.75 Å². The van der Waals surface area contributed by atoms with E-state index in [0.29, 0.717) is 23.4 Å². The molecular weight excluding hydrogens is 266 g/mol. The van der Waals surface area contributed by atoms with Crippen molar-refractivity contribution in [2.24, 2.45) is 0 Å². The molecule has 0 amide bonds. The van der Waals surface area contributed by atoms with Crippen LogP contribution >= 0.6 is 0 Å². The molecule has 19 heavy (non-hydrogen) atoms. The molecule has 0 spiro atoms. The SMILES string of the molecule is CCS(=O)(=O)Nc1cc(C#CCCO)ccc1OC. The number of aliphatic hydroxyl groups excluding tert-OH is 1. The maximum atomic E-state index is 11.6. The summed E-state index contributed by atoms with van der Waals surface area (Å²) < 4.78 is 30.7. The molecule has 2 N–H and O–H groups in total. The number of rotatable bonds is 5. The number of aliphatic hydroxyl groups is 1. The number of hydrogen-bond donors (Lipinski definition) is 2. The molecule has 0 heterocycles. The van der Waals surface area contributed by atoms with E-state index in [1.54, 1.807) is 25.1 Å². The monoisotopic (exact) mass is 283 g/mol. The molecule has 1 rings (SSSR count). The molecule has 0 radical (unpaired) electrons. The molecule has 0 atom stereocenters. The van der Waals surface area contributed by atoms with Gasteiger partial charge < -0.3 is 9.84 Å². The zero-order valence-electron chi connectivity index (χ0n) is 10.9. The van der Waals surface area contributed by atoms with Crippen LogP contribution in [0.15, 0.2) is 18.2 Å². The van der Waals surface area contributed by atoms with E-state index in [0.717, 1.165) is 0 Å². The highest BCUT2D eigenvalue weighted by molar-refractivity contribution is 7.92. The van der Waals surface area contributed by atoms with Gasteiger partial charge in [0.2, 0.25) is 10.0 Å². The molecule has 0 saturated carbocycles. The second kappa shape index (κ2) is 7.02. The second-order valence-electron chi connectivity index (χ2n) is 3.70. The van der Waals surface area contributed by atoms with Gasteiger partial charge in [-0.2, -0.15) is 0 Å². The average molecular weight is 283 g/mol. The number of methoxy groups -OCH3 is 1. The van der Waals surface area contributed by atoms with Crippen LogP contribution in [0.4, 0.5) is 5.69 Å². The van der Waals surface area contributed by atoms with Gasteiger partial charge in [-0.15, -0.1) is 0 Å². The standard InChI is InChI=1S/C13H17NO4S/c1-3-19(16,17)14-12-10-11(6-4-5-9-15)7-8-13(12)18-2/h7-8,10,14-15H,3,5,9H2,1-2H3. The van der Waals surface area contributed by atoms with Crippen LogP contribution in [0.25, 0.3) is 0 Å². The summed E-state index contributed by atoms with van der Waals surface area (Å²) in [6, 6.07) is 4.99. The maximum absolute atomic E-state index is 11.6. The summed E-state index contributed by atoms with van der Waals surface area (Å²) in [5, 5.41) is 8.65. The summed E-state index contributed by atoms with van der Waals surface area (Å²) in [5.74, 6) is 6.03. The molecule has 0 fully saturated rings. The van der Waals surface area contributed by atoms with Gasteiger partial charge in [-0.05, 0) is 25.1 Å². The van der Waals surface area contributed by atoms with Crippen molar-refractivity contribution in [2.75, 3.05) is 24.2 Å². The van der Waals surface area contributed by atoms with Gasteiger partial charge in [0.25, 0.3) is 0 Å². The fourth-order valence-corrected chi connectivity index (χ4v) is 1.96. The Bertz CT molecular complexity index is 584. The van der Waals surface area contributed by atoms with Crippen LogP contribution in [-0.4, -0.2) is 33.0 Å². The van der Waals surface area contributed by atoms with Crippen LogP contribution in [0.2, 0.25) is 0 Å². The number of hydrogen-bond acceptors (Lipinski definition) is 4. The molecule has 0 aliphatic heterocycles. The first-order valence-electron chi connectivity index (χ1n) is 5.80. The zero-order chi connectivity index (χ0) is 14.3. The third kappa shape index (κ3) is 4.81. The molecule has 0 bridgehead atoms. The molecule has 1 aromatic carbocycles. The van der Waals surface area contributed by atoms with E-state index in [1.165, 1.54) is 7.11 Å².